The summed E-state index contributed by atoms with van der Waals surface area (Å²) in [5, 5.41) is 4.04. The van der Waals surface area contributed by atoms with Crippen molar-refractivity contribution in [2.45, 2.75) is 43.3 Å². The Morgan fingerprint density at radius 3 is 1.44 bits per heavy atom. The van der Waals surface area contributed by atoms with Crippen molar-refractivity contribution < 1.29 is 0 Å². The van der Waals surface area contributed by atoms with Crippen molar-refractivity contribution in [1.29, 1.82) is 0 Å². The third-order valence-electron chi connectivity index (χ3n) is 5.84. The molecule has 0 saturated heterocycles. The van der Waals surface area contributed by atoms with E-state index in [1.807, 2.05) is 0 Å². The monoisotopic (exact) mass is 356 g/mol. The van der Waals surface area contributed by atoms with Gasteiger partial charge in [0.1, 0.15) is 0 Å². The zero-order chi connectivity index (χ0) is 18.5. The van der Waals surface area contributed by atoms with Gasteiger partial charge in [-0.05, 0) is 29.5 Å². The van der Waals surface area contributed by atoms with Crippen molar-refractivity contribution in [2.75, 3.05) is 0 Å². The van der Waals surface area contributed by atoms with E-state index in [0.717, 1.165) is 12.8 Å². The largest absolute Gasteiger partial charge is 0.326 e. The highest BCUT2D eigenvalue weighted by molar-refractivity contribution is 5.49. The van der Waals surface area contributed by atoms with E-state index in [0.29, 0.717) is 6.04 Å². The minimum atomic E-state index is -0.413. The molecule has 2 atom stereocenters. The van der Waals surface area contributed by atoms with Crippen molar-refractivity contribution in [3.05, 3.63) is 108 Å². The van der Waals surface area contributed by atoms with Gasteiger partial charge in [0, 0.05) is 12.1 Å². The van der Waals surface area contributed by atoms with Crippen LogP contribution in [0.1, 0.15) is 42.4 Å². The van der Waals surface area contributed by atoms with Gasteiger partial charge in [0.15, 0.2) is 0 Å². The molecule has 0 amide bonds. The van der Waals surface area contributed by atoms with Crippen LogP contribution in [0, 0.1) is 0 Å². The van der Waals surface area contributed by atoms with Crippen molar-refractivity contribution in [2.24, 2.45) is 5.73 Å². The summed E-state index contributed by atoms with van der Waals surface area (Å²) >= 11 is 0. The van der Waals surface area contributed by atoms with Crippen molar-refractivity contribution >= 4 is 0 Å². The van der Waals surface area contributed by atoms with Gasteiger partial charge < -0.3 is 5.73 Å². The molecule has 0 aliphatic heterocycles. The van der Waals surface area contributed by atoms with Crippen molar-refractivity contribution in [3.8, 4) is 0 Å². The van der Waals surface area contributed by atoms with Gasteiger partial charge in [-0.25, -0.2) is 0 Å². The molecule has 0 aromatic heterocycles. The van der Waals surface area contributed by atoms with Crippen LogP contribution in [0.3, 0.4) is 0 Å². The SMILES string of the molecule is N[C@@H]1CCCC[C@H]1NC(c1ccccc1)(c1ccccc1)c1ccccc1. The summed E-state index contributed by atoms with van der Waals surface area (Å²) < 4.78 is 0. The lowest BCUT2D eigenvalue weighted by molar-refractivity contribution is 0.280. The third-order valence-corrected chi connectivity index (χ3v) is 5.84. The van der Waals surface area contributed by atoms with Crippen LogP contribution in [0.25, 0.3) is 0 Å². The molecule has 0 spiro atoms. The molecule has 0 radical (unpaired) electrons. The molecule has 2 heteroatoms. The van der Waals surface area contributed by atoms with E-state index in [4.69, 9.17) is 5.73 Å². The molecule has 3 aromatic rings. The zero-order valence-corrected chi connectivity index (χ0v) is 15.7. The van der Waals surface area contributed by atoms with Gasteiger partial charge in [-0.15, -0.1) is 0 Å². The lowest BCUT2D eigenvalue weighted by Gasteiger charge is -2.43. The Morgan fingerprint density at radius 2 is 1.04 bits per heavy atom. The Labute approximate surface area is 162 Å². The van der Waals surface area contributed by atoms with E-state index in [1.54, 1.807) is 0 Å². The van der Waals surface area contributed by atoms with Crippen LogP contribution in [-0.4, -0.2) is 12.1 Å². The van der Waals surface area contributed by atoms with E-state index >= 15 is 0 Å². The molecule has 3 aromatic carbocycles. The number of hydrogen-bond donors (Lipinski definition) is 2. The zero-order valence-electron chi connectivity index (χ0n) is 15.7. The first-order chi connectivity index (χ1) is 13.3. The smallest absolute Gasteiger partial charge is 0.0950 e. The number of benzene rings is 3. The summed E-state index contributed by atoms with van der Waals surface area (Å²) in [5.74, 6) is 0. The minimum absolute atomic E-state index is 0.189. The number of rotatable bonds is 5. The second-order valence-electron chi connectivity index (χ2n) is 7.55. The summed E-state index contributed by atoms with van der Waals surface area (Å²) in [6.07, 6.45) is 4.68. The lowest BCUT2D eigenvalue weighted by atomic mass is 9.75. The quantitative estimate of drug-likeness (QED) is 0.642. The van der Waals surface area contributed by atoms with Gasteiger partial charge in [0.25, 0.3) is 0 Å². The molecule has 1 saturated carbocycles. The first kappa shape index (κ1) is 18.0. The lowest BCUT2D eigenvalue weighted by Crippen LogP contribution is -2.56. The average molecular weight is 357 g/mol. The highest BCUT2D eigenvalue weighted by Gasteiger charge is 2.39. The maximum atomic E-state index is 6.56. The molecule has 0 bridgehead atoms. The van der Waals surface area contributed by atoms with Crippen LogP contribution in [0.4, 0.5) is 0 Å². The number of hydrogen-bond acceptors (Lipinski definition) is 2. The summed E-state index contributed by atoms with van der Waals surface area (Å²) in [7, 11) is 0. The molecule has 1 fully saturated rings. The van der Waals surface area contributed by atoms with Gasteiger partial charge in [0.05, 0.1) is 5.54 Å². The fraction of sp³-hybridized carbons (Fsp3) is 0.280. The van der Waals surface area contributed by atoms with Gasteiger partial charge in [-0.2, -0.15) is 0 Å². The standard InChI is InChI=1S/C25H28N2/c26-23-18-10-11-19-24(23)27-25(20-12-4-1-5-13-20,21-14-6-2-7-15-21)22-16-8-3-9-17-22/h1-9,12-17,23-24,27H,10-11,18-19,26H2/t23-,24-/m1/s1. The molecule has 3 N–H and O–H groups in total. The Bertz CT molecular complexity index is 733. The summed E-state index contributed by atoms with van der Waals surface area (Å²) in [5.41, 5.74) is 9.90. The highest BCUT2D eigenvalue weighted by atomic mass is 15.0. The van der Waals surface area contributed by atoms with Crippen LogP contribution in [0.5, 0.6) is 0 Å². The molecule has 0 heterocycles. The molecule has 2 nitrogen and oxygen atoms in total. The van der Waals surface area contributed by atoms with Crippen molar-refractivity contribution in [1.82, 2.24) is 5.32 Å². The Kier molecular flexibility index (Phi) is 5.38. The van der Waals surface area contributed by atoms with E-state index in [2.05, 4.69) is 96.3 Å². The van der Waals surface area contributed by atoms with E-state index in [9.17, 15) is 0 Å². The number of nitrogens with two attached hydrogens (primary N) is 1. The third kappa shape index (κ3) is 3.55. The molecule has 1 aliphatic carbocycles. The first-order valence-electron chi connectivity index (χ1n) is 10.0. The Balaban J connectivity index is 1.91. The fourth-order valence-electron chi connectivity index (χ4n) is 4.43. The van der Waals surface area contributed by atoms with Crippen LogP contribution in [0.15, 0.2) is 91.0 Å². The molecular weight excluding hydrogens is 328 g/mol. The van der Waals surface area contributed by atoms with Gasteiger partial charge in [-0.1, -0.05) is 104 Å². The second kappa shape index (κ2) is 8.08. The fourth-order valence-corrected chi connectivity index (χ4v) is 4.43. The highest BCUT2D eigenvalue weighted by Crippen LogP contribution is 2.38. The molecule has 0 unspecified atom stereocenters. The topological polar surface area (TPSA) is 38.0 Å². The predicted molar refractivity (Wildman–Crippen MR) is 113 cm³/mol. The van der Waals surface area contributed by atoms with E-state index in [-0.39, 0.29) is 6.04 Å². The normalized spacial score (nSPS) is 20.3. The molecule has 1 aliphatic rings. The molecule has 138 valence electrons. The molecule has 27 heavy (non-hydrogen) atoms. The Morgan fingerprint density at radius 1 is 0.630 bits per heavy atom. The Hall–Kier alpha value is -2.42. The van der Waals surface area contributed by atoms with E-state index in [1.165, 1.54) is 29.5 Å². The molecule has 4 rings (SSSR count). The summed E-state index contributed by atoms with van der Waals surface area (Å²) in [6.45, 7) is 0. The maximum absolute atomic E-state index is 6.56. The minimum Gasteiger partial charge on any atom is -0.326 e. The first-order valence-corrected chi connectivity index (χ1v) is 10.0. The summed E-state index contributed by atoms with van der Waals surface area (Å²) in [4.78, 5) is 0. The van der Waals surface area contributed by atoms with Crippen LogP contribution in [-0.2, 0) is 5.54 Å². The van der Waals surface area contributed by atoms with Gasteiger partial charge in [-0.3, -0.25) is 5.32 Å². The van der Waals surface area contributed by atoms with Crippen LogP contribution >= 0.6 is 0 Å². The van der Waals surface area contributed by atoms with Gasteiger partial charge >= 0.3 is 0 Å². The predicted octanol–water partition coefficient (Wildman–Crippen LogP) is 4.84. The van der Waals surface area contributed by atoms with E-state index < -0.39 is 5.54 Å². The van der Waals surface area contributed by atoms with Crippen LogP contribution in [0.2, 0.25) is 0 Å². The second-order valence-corrected chi connectivity index (χ2v) is 7.55. The molecular formula is C25H28N2. The summed E-state index contributed by atoms with van der Waals surface area (Å²) in [6, 6.07) is 32.8. The van der Waals surface area contributed by atoms with Crippen molar-refractivity contribution in [3.63, 3.8) is 0 Å². The maximum Gasteiger partial charge on any atom is 0.0950 e. The average Bonchev–Trinajstić information content (AvgIpc) is 2.75. The van der Waals surface area contributed by atoms with Crippen LogP contribution < -0.4 is 11.1 Å². The number of nitrogens with one attached hydrogen (secondary N) is 1. The van der Waals surface area contributed by atoms with Gasteiger partial charge in [0.2, 0.25) is 0 Å².